The van der Waals surface area contributed by atoms with Gasteiger partial charge in [0.1, 0.15) is 0 Å². The summed E-state index contributed by atoms with van der Waals surface area (Å²) in [5.41, 5.74) is 1.72. The molecule has 0 fully saturated rings. The molecule has 0 aromatic heterocycles. The highest BCUT2D eigenvalue weighted by Crippen LogP contribution is 2.26. The van der Waals surface area contributed by atoms with Gasteiger partial charge in [-0.3, -0.25) is 14.3 Å². The third-order valence-corrected chi connectivity index (χ3v) is 3.32. The van der Waals surface area contributed by atoms with Crippen molar-refractivity contribution in [1.29, 1.82) is 0 Å². The standard InChI is InChI=1S/C12H18N2O3S/c1-4-7-13(2)12-6-5-11(14(15)16)8-10(12)9-18(3)17/h5-6,8H,4,7,9H2,1-3H3. The summed E-state index contributed by atoms with van der Waals surface area (Å²) < 4.78 is 11.3. The summed E-state index contributed by atoms with van der Waals surface area (Å²) in [5, 5.41) is 10.8. The number of anilines is 1. The molecule has 0 heterocycles. The van der Waals surface area contributed by atoms with Gasteiger partial charge in [-0.1, -0.05) is 6.92 Å². The van der Waals surface area contributed by atoms with Crippen LogP contribution in [0.1, 0.15) is 18.9 Å². The van der Waals surface area contributed by atoms with E-state index in [0.29, 0.717) is 5.75 Å². The second-order valence-corrected chi connectivity index (χ2v) is 5.64. The van der Waals surface area contributed by atoms with Gasteiger partial charge in [0.25, 0.3) is 5.69 Å². The van der Waals surface area contributed by atoms with Crippen molar-refractivity contribution in [2.75, 3.05) is 24.7 Å². The minimum absolute atomic E-state index is 0.0455. The Morgan fingerprint density at radius 1 is 1.44 bits per heavy atom. The molecule has 1 aromatic rings. The molecule has 0 aliphatic heterocycles. The summed E-state index contributed by atoms with van der Waals surface area (Å²) in [6.07, 6.45) is 2.59. The smallest absolute Gasteiger partial charge is 0.269 e. The van der Waals surface area contributed by atoms with Crippen molar-refractivity contribution in [2.24, 2.45) is 0 Å². The molecule has 0 amide bonds. The van der Waals surface area contributed by atoms with Crippen molar-refractivity contribution in [3.8, 4) is 0 Å². The molecule has 5 nitrogen and oxygen atoms in total. The van der Waals surface area contributed by atoms with Crippen molar-refractivity contribution in [3.63, 3.8) is 0 Å². The third-order valence-electron chi connectivity index (χ3n) is 2.60. The molecule has 0 N–H and O–H groups in total. The van der Waals surface area contributed by atoms with Crippen LogP contribution in [0.3, 0.4) is 0 Å². The SMILES string of the molecule is CCCN(C)c1ccc([N+](=O)[O-])cc1CS(C)=O. The Morgan fingerprint density at radius 3 is 2.61 bits per heavy atom. The van der Waals surface area contributed by atoms with Crippen molar-refractivity contribution in [1.82, 2.24) is 0 Å². The van der Waals surface area contributed by atoms with Crippen molar-refractivity contribution < 1.29 is 9.13 Å². The van der Waals surface area contributed by atoms with Gasteiger partial charge in [0, 0.05) is 48.5 Å². The van der Waals surface area contributed by atoms with Gasteiger partial charge in [0.15, 0.2) is 0 Å². The van der Waals surface area contributed by atoms with E-state index in [4.69, 9.17) is 0 Å². The number of nitro benzene ring substituents is 1. The molecule has 1 rings (SSSR count). The Bertz CT molecular complexity index is 463. The van der Waals surface area contributed by atoms with Gasteiger partial charge in [-0.05, 0) is 18.1 Å². The predicted molar refractivity (Wildman–Crippen MR) is 74.4 cm³/mol. The lowest BCUT2D eigenvalue weighted by Gasteiger charge is -2.21. The van der Waals surface area contributed by atoms with Crippen LogP contribution < -0.4 is 4.90 Å². The Morgan fingerprint density at radius 2 is 2.11 bits per heavy atom. The van der Waals surface area contributed by atoms with Crippen molar-refractivity contribution in [3.05, 3.63) is 33.9 Å². The third kappa shape index (κ3) is 3.80. The molecule has 100 valence electrons. The lowest BCUT2D eigenvalue weighted by molar-refractivity contribution is -0.384. The lowest BCUT2D eigenvalue weighted by atomic mass is 10.1. The molecule has 0 radical (unpaired) electrons. The Balaban J connectivity index is 3.15. The molecule has 0 aliphatic carbocycles. The molecule has 18 heavy (non-hydrogen) atoms. The van der Waals surface area contributed by atoms with E-state index in [1.807, 2.05) is 11.9 Å². The average molecular weight is 270 g/mol. The minimum Gasteiger partial charge on any atom is -0.374 e. The molecular formula is C12H18N2O3S. The Labute approximate surface area is 109 Å². The zero-order valence-electron chi connectivity index (χ0n) is 10.9. The molecular weight excluding hydrogens is 252 g/mol. The first kappa shape index (κ1) is 14.6. The van der Waals surface area contributed by atoms with Crippen LogP contribution in [0.25, 0.3) is 0 Å². The second-order valence-electron chi connectivity index (χ2n) is 4.21. The molecule has 0 saturated carbocycles. The highest BCUT2D eigenvalue weighted by molar-refractivity contribution is 7.83. The van der Waals surface area contributed by atoms with Gasteiger partial charge in [-0.15, -0.1) is 0 Å². The van der Waals surface area contributed by atoms with Crippen molar-refractivity contribution >= 4 is 22.2 Å². The van der Waals surface area contributed by atoms with Crippen LogP contribution in [0.4, 0.5) is 11.4 Å². The molecule has 1 aromatic carbocycles. The normalized spacial score (nSPS) is 12.2. The number of rotatable bonds is 6. The lowest BCUT2D eigenvalue weighted by Crippen LogP contribution is -2.19. The fraction of sp³-hybridized carbons (Fsp3) is 0.500. The zero-order chi connectivity index (χ0) is 13.7. The second kappa shape index (κ2) is 6.49. The number of nitro groups is 1. The predicted octanol–water partition coefficient (Wildman–Crippen LogP) is 2.32. The van der Waals surface area contributed by atoms with Crippen LogP contribution in [0, 0.1) is 10.1 Å². The molecule has 1 unspecified atom stereocenters. The maximum atomic E-state index is 11.3. The topological polar surface area (TPSA) is 63.4 Å². The van der Waals surface area contributed by atoms with Crippen molar-refractivity contribution in [2.45, 2.75) is 19.1 Å². The Hall–Kier alpha value is -1.43. The van der Waals surface area contributed by atoms with Gasteiger partial charge in [0.05, 0.1) is 10.7 Å². The summed E-state index contributed by atoms with van der Waals surface area (Å²) >= 11 is 0. The van der Waals surface area contributed by atoms with E-state index < -0.39 is 15.7 Å². The summed E-state index contributed by atoms with van der Waals surface area (Å²) in [5.74, 6) is 0.338. The van der Waals surface area contributed by atoms with E-state index in [1.165, 1.54) is 12.1 Å². The summed E-state index contributed by atoms with van der Waals surface area (Å²) in [4.78, 5) is 12.4. The summed E-state index contributed by atoms with van der Waals surface area (Å²) in [6.45, 7) is 2.93. The highest BCUT2D eigenvalue weighted by Gasteiger charge is 2.14. The first-order valence-corrected chi connectivity index (χ1v) is 7.47. The fourth-order valence-corrected chi connectivity index (χ4v) is 2.52. The Kier molecular flexibility index (Phi) is 5.27. The molecule has 0 spiro atoms. The van der Waals surface area contributed by atoms with Gasteiger partial charge in [0.2, 0.25) is 0 Å². The van der Waals surface area contributed by atoms with Gasteiger partial charge < -0.3 is 4.90 Å². The molecule has 0 bridgehead atoms. The maximum Gasteiger partial charge on any atom is 0.269 e. The minimum atomic E-state index is -1.02. The number of non-ortho nitro benzene ring substituents is 1. The van der Waals surface area contributed by atoms with E-state index in [2.05, 4.69) is 6.92 Å². The van der Waals surface area contributed by atoms with E-state index in [0.717, 1.165) is 24.2 Å². The molecule has 6 heteroatoms. The molecule has 0 saturated heterocycles. The van der Waals surface area contributed by atoms with Crippen LogP contribution in [0.15, 0.2) is 18.2 Å². The largest absolute Gasteiger partial charge is 0.374 e. The highest BCUT2D eigenvalue weighted by atomic mass is 32.2. The van der Waals surface area contributed by atoms with E-state index in [1.54, 1.807) is 12.3 Å². The van der Waals surface area contributed by atoms with Gasteiger partial charge >= 0.3 is 0 Å². The van der Waals surface area contributed by atoms with E-state index >= 15 is 0 Å². The van der Waals surface area contributed by atoms with Gasteiger partial charge in [-0.25, -0.2) is 0 Å². The number of benzene rings is 1. The zero-order valence-corrected chi connectivity index (χ0v) is 11.7. The maximum absolute atomic E-state index is 11.3. The molecule has 1 atom stereocenters. The van der Waals surface area contributed by atoms with Crippen LogP contribution in [0.2, 0.25) is 0 Å². The average Bonchev–Trinajstić information content (AvgIpc) is 2.28. The number of hydrogen-bond donors (Lipinski definition) is 0. The van der Waals surface area contributed by atoms with Gasteiger partial charge in [-0.2, -0.15) is 0 Å². The molecule has 0 aliphatic rings. The van der Waals surface area contributed by atoms with E-state index in [-0.39, 0.29) is 5.69 Å². The number of hydrogen-bond acceptors (Lipinski definition) is 4. The van der Waals surface area contributed by atoms with Crippen LogP contribution in [0.5, 0.6) is 0 Å². The monoisotopic (exact) mass is 270 g/mol. The first-order chi connectivity index (χ1) is 8.45. The van der Waals surface area contributed by atoms with E-state index in [9.17, 15) is 14.3 Å². The quantitative estimate of drug-likeness (QED) is 0.588. The summed E-state index contributed by atoms with van der Waals surface area (Å²) in [6, 6.07) is 4.74. The van der Waals surface area contributed by atoms with Crippen LogP contribution in [-0.2, 0) is 16.6 Å². The summed E-state index contributed by atoms with van der Waals surface area (Å²) in [7, 11) is 0.919. The fourth-order valence-electron chi connectivity index (χ4n) is 1.85. The number of nitrogens with zero attached hydrogens (tertiary/aromatic N) is 2. The first-order valence-electron chi connectivity index (χ1n) is 5.74. The van der Waals surface area contributed by atoms with Crippen LogP contribution in [-0.4, -0.2) is 29.0 Å². The van der Waals surface area contributed by atoms with Crippen LogP contribution >= 0.6 is 0 Å².